The lowest BCUT2D eigenvalue weighted by Gasteiger charge is -2.09. The van der Waals surface area contributed by atoms with Gasteiger partial charge in [0.1, 0.15) is 5.82 Å². The Kier molecular flexibility index (Phi) is 4.00. The Hall–Kier alpha value is -1.43. The maximum Gasteiger partial charge on any atom is 0.258 e. The number of benzene rings is 1. The SMILES string of the molecule is O=c1[nH]c(CNCC2CCOC2)nc2cc(Cl)ccc12. The third kappa shape index (κ3) is 3.00. The third-order valence-corrected chi connectivity index (χ3v) is 3.70. The molecule has 106 valence electrons. The molecule has 2 aromatic rings. The average molecular weight is 294 g/mol. The number of aromatic amines is 1. The van der Waals surface area contributed by atoms with Gasteiger partial charge >= 0.3 is 0 Å². The maximum atomic E-state index is 11.9. The second-order valence-electron chi connectivity index (χ2n) is 5.03. The van der Waals surface area contributed by atoms with Gasteiger partial charge in [-0.3, -0.25) is 4.79 Å². The fourth-order valence-corrected chi connectivity index (χ4v) is 2.55. The van der Waals surface area contributed by atoms with Gasteiger partial charge in [0.2, 0.25) is 0 Å². The van der Waals surface area contributed by atoms with E-state index in [0.29, 0.717) is 34.2 Å². The van der Waals surface area contributed by atoms with E-state index in [1.54, 1.807) is 18.2 Å². The first-order valence-electron chi connectivity index (χ1n) is 6.69. The summed E-state index contributed by atoms with van der Waals surface area (Å²) in [6.45, 7) is 3.06. The van der Waals surface area contributed by atoms with E-state index in [4.69, 9.17) is 16.3 Å². The molecule has 1 unspecified atom stereocenters. The molecule has 0 saturated carbocycles. The van der Waals surface area contributed by atoms with Crippen molar-refractivity contribution < 1.29 is 4.74 Å². The molecule has 20 heavy (non-hydrogen) atoms. The summed E-state index contributed by atoms with van der Waals surface area (Å²) in [5.41, 5.74) is 0.495. The molecule has 1 aliphatic rings. The molecule has 0 bridgehead atoms. The summed E-state index contributed by atoms with van der Waals surface area (Å²) in [7, 11) is 0. The van der Waals surface area contributed by atoms with Gasteiger partial charge in [-0.25, -0.2) is 4.98 Å². The number of nitrogens with one attached hydrogen (secondary N) is 2. The Bertz CT molecular complexity index is 665. The van der Waals surface area contributed by atoms with Crippen LogP contribution in [0.5, 0.6) is 0 Å². The molecule has 1 saturated heterocycles. The first kappa shape index (κ1) is 13.5. The van der Waals surface area contributed by atoms with Crippen molar-refractivity contribution in [3.63, 3.8) is 0 Å². The number of hydrogen-bond acceptors (Lipinski definition) is 4. The molecule has 5 nitrogen and oxygen atoms in total. The zero-order valence-corrected chi connectivity index (χ0v) is 11.7. The molecular formula is C14H16ClN3O2. The minimum atomic E-state index is -0.132. The van der Waals surface area contributed by atoms with Gasteiger partial charge in [0, 0.05) is 18.2 Å². The van der Waals surface area contributed by atoms with Crippen LogP contribution < -0.4 is 10.9 Å². The molecule has 0 spiro atoms. The van der Waals surface area contributed by atoms with Crippen LogP contribution in [0.4, 0.5) is 0 Å². The molecule has 6 heteroatoms. The number of nitrogens with zero attached hydrogens (tertiary/aromatic N) is 1. The first-order valence-corrected chi connectivity index (χ1v) is 7.07. The van der Waals surface area contributed by atoms with Crippen molar-refractivity contribution in [3.05, 3.63) is 39.4 Å². The summed E-state index contributed by atoms with van der Waals surface area (Å²) in [5.74, 6) is 1.18. The van der Waals surface area contributed by atoms with Crippen LogP contribution in [0.1, 0.15) is 12.2 Å². The van der Waals surface area contributed by atoms with Crippen molar-refractivity contribution in [2.45, 2.75) is 13.0 Å². The van der Waals surface area contributed by atoms with E-state index in [2.05, 4.69) is 15.3 Å². The smallest absolute Gasteiger partial charge is 0.258 e. The van der Waals surface area contributed by atoms with E-state index in [1.807, 2.05) is 0 Å². The average Bonchev–Trinajstić information content (AvgIpc) is 2.91. The molecule has 1 aromatic heterocycles. The maximum absolute atomic E-state index is 11.9. The summed E-state index contributed by atoms with van der Waals surface area (Å²) < 4.78 is 5.32. The molecule has 1 atom stereocenters. The predicted octanol–water partition coefficient (Wildman–Crippen LogP) is 1.70. The standard InChI is InChI=1S/C14H16ClN3O2/c15-10-1-2-11-12(5-10)17-13(18-14(11)19)7-16-6-9-3-4-20-8-9/h1-2,5,9,16H,3-4,6-8H2,(H,17,18,19). The number of aromatic nitrogens is 2. The highest BCUT2D eigenvalue weighted by molar-refractivity contribution is 6.31. The lowest BCUT2D eigenvalue weighted by molar-refractivity contribution is 0.185. The summed E-state index contributed by atoms with van der Waals surface area (Å²) in [5, 5.41) is 4.44. The monoisotopic (exact) mass is 293 g/mol. The van der Waals surface area contributed by atoms with E-state index >= 15 is 0 Å². The van der Waals surface area contributed by atoms with Crippen LogP contribution >= 0.6 is 11.6 Å². The van der Waals surface area contributed by atoms with Gasteiger partial charge in [-0.1, -0.05) is 11.6 Å². The zero-order chi connectivity index (χ0) is 13.9. The van der Waals surface area contributed by atoms with Crippen LogP contribution in [0.25, 0.3) is 10.9 Å². The summed E-state index contributed by atoms with van der Waals surface area (Å²) >= 11 is 5.93. The van der Waals surface area contributed by atoms with E-state index in [1.165, 1.54) is 0 Å². The van der Waals surface area contributed by atoms with Crippen LogP contribution in [0.3, 0.4) is 0 Å². The summed E-state index contributed by atoms with van der Waals surface area (Å²) in [6, 6.07) is 5.09. The quantitative estimate of drug-likeness (QED) is 0.900. The van der Waals surface area contributed by atoms with Gasteiger partial charge in [0.25, 0.3) is 5.56 Å². The van der Waals surface area contributed by atoms with Gasteiger partial charge < -0.3 is 15.0 Å². The molecule has 1 fully saturated rings. The van der Waals surface area contributed by atoms with Gasteiger partial charge in [0.05, 0.1) is 24.1 Å². The van der Waals surface area contributed by atoms with E-state index in [0.717, 1.165) is 26.2 Å². The normalized spacial score (nSPS) is 18.8. The first-order chi connectivity index (χ1) is 9.72. The largest absolute Gasteiger partial charge is 0.381 e. The lowest BCUT2D eigenvalue weighted by atomic mass is 10.1. The van der Waals surface area contributed by atoms with Crippen LogP contribution in [-0.2, 0) is 11.3 Å². The van der Waals surface area contributed by atoms with E-state index < -0.39 is 0 Å². The van der Waals surface area contributed by atoms with Crippen molar-refractivity contribution in [1.29, 1.82) is 0 Å². The van der Waals surface area contributed by atoms with Crippen LogP contribution in [-0.4, -0.2) is 29.7 Å². The number of hydrogen-bond donors (Lipinski definition) is 2. The number of ether oxygens (including phenoxy) is 1. The number of H-pyrrole nitrogens is 1. The second-order valence-corrected chi connectivity index (χ2v) is 5.47. The molecule has 2 N–H and O–H groups in total. The molecule has 0 aliphatic carbocycles. The third-order valence-electron chi connectivity index (χ3n) is 3.47. The Morgan fingerprint density at radius 2 is 2.40 bits per heavy atom. The Labute approximate surface area is 121 Å². The highest BCUT2D eigenvalue weighted by atomic mass is 35.5. The predicted molar refractivity (Wildman–Crippen MR) is 78.0 cm³/mol. The van der Waals surface area contributed by atoms with Crippen molar-refractivity contribution in [2.24, 2.45) is 5.92 Å². The minimum absolute atomic E-state index is 0.132. The number of halogens is 1. The summed E-state index contributed by atoms with van der Waals surface area (Å²) in [4.78, 5) is 19.2. The lowest BCUT2D eigenvalue weighted by Crippen LogP contribution is -2.25. The molecule has 1 aliphatic heterocycles. The minimum Gasteiger partial charge on any atom is -0.381 e. The molecule has 1 aromatic carbocycles. The molecule has 3 rings (SSSR count). The fraction of sp³-hybridized carbons (Fsp3) is 0.429. The van der Waals surface area contributed by atoms with Crippen molar-refractivity contribution in [1.82, 2.24) is 15.3 Å². The Balaban J connectivity index is 1.72. The number of rotatable bonds is 4. The molecule has 2 heterocycles. The van der Waals surface area contributed by atoms with Crippen LogP contribution in [0, 0.1) is 5.92 Å². The van der Waals surface area contributed by atoms with Crippen LogP contribution in [0.15, 0.2) is 23.0 Å². The van der Waals surface area contributed by atoms with E-state index in [9.17, 15) is 4.79 Å². The van der Waals surface area contributed by atoms with Gasteiger partial charge in [-0.15, -0.1) is 0 Å². The van der Waals surface area contributed by atoms with Crippen molar-refractivity contribution >= 4 is 22.5 Å². The van der Waals surface area contributed by atoms with E-state index in [-0.39, 0.29) is 5.56 Å². The second kappa shape index (κ2) is 5.91. The van der Waals surface area contributed by atoms with Crippen molar-refractivity contribution in [2.75, 3.05) is 19.8 Å². The highest BCUT2D eigenvalue weighted by Gasteiger charge is 2.14. The summed E-state index contributed by atoms with van der Waals surface area (Å²) in [6.07, 6.45) is 1.09. The zero-order valence-electron chi connectivity index (χ0n) is 11.0. The number of fused-ring (bicyclic) bond motifs is 1. The van der Waals surface area contributed by atoms with Gasteiger partial charge in [-0.2, -0.15) is 0 Å². The van der Waals surface area contributed by atoms with Gasteiger partial charge in [0.15, 0.2) is 0 Å². The van der Waals surface area contributed by atoms with Crippen LogP contribution in [0.2, 0.25) is 5.02 Å². The Morgan fingerprint density at radius 3 is 3.20 bits per heavy atom. The molecule has 0 amide bonds. The van der Waals surface area contributed by atoms with Crippen molar-refractivity contribution in [3.8, 4) is 0 Å². The highest BCUT2D eigenvalue weighted by Crippen LogP contribution is 2.14. The topological polar surface area (TPSA) is 67.0 Å². The Morgan fingerprint density at radius 1 is 1.50 bits per heavy atom. The fourth-order valence-electron chi connectivity index (χ4n) is 2.38. The van der Waals surface area contributed by atoms with Gasteiger partial charge in [-0.05, 0) is 30.5 Å². The molecule has 0 radical (unpaired) electrons. The molecular weight excluding hydrogens is 278 g/mol.